The molecule has 0 aliphatic carbocycles. The minimum atomic E-state index is -0.309. The lowest BCUT2D eigenvalue weighted by Crippen LogP contribution is -2.20. The molecule has 0 unspecified atom stereocenters. The molecule has 0 saturated carbocycles. The molecule has 4 rings (SSSR count). The van der Waals surface area contributed by atoms with Gasteiger partial charge in [-0.05, 0) is 55.0 Å². The Balaban J connectivity index is 1.64. The molecule has 0 aliphatic rings. The number of aromatic nitrogens is 2. The van der Waals surface area contributed by atoms with E-state index < -0.39 is 0 Å². The van der Waals surface area contributed by atoms with Gasteiger partial charge in [0, 0.05) is 10.0 Å². The first kappa shape index (κ1) is 20.0. The van der Waals surface area contributed by atoms with Gasteiger partial charge in [-0.15, -0.1) is 0 Å². The lowest BCUT2D eigenvalue weighted by Gasteiger charge is -2.10. The van der Waals surface area contributed by atoms with Gasteiger partial charge < -0.3 is 4.74 Å². The monoisotopic (exact) mass is 465 g/mol. The van der Waals surface area contributed by atoms with Crippen LogP contribution in [-0.2, 0) is 6.61 Å². The standard InChI is InChI=1S/C23H17BrFN3O2/c1-15-27-21-10-9-18(24)12-20(21)23(29)28(15)26-13-17-6-2-3-8-22(17)30-14-16-5-4-7-19(25)11-16/h2-13H,14H2,1H3. The zero-order valence-corrected chi connectivity index (χ0v) is 17.6. The van der Waals surface area contributed by atoms with Gasteiger partial charge in [0.25, 0.3) is 5.56 Å². The van der Waals surface area contributed by atoms with Crippen molar-refractivity contribution in [1.82, 2.24) is 9.66 Å². The summed E-state index contributed by atoms with van der Waals surface area (Å²) in [4.78, 5) is 17.3. The van der Waals surface area contributed by atoms with Gasteiger partial charge in [0.1, 0.15) is 24.0 Å². The van der Waals surface area contributed by atoms with Crippen LogP contribution < -0.4 is 10.3 Å². The van der Waals surface area contributed by atoms with Crippen molar-refractivity contribution >= 4 is 33.0 Å². The van der Waals surface area contributed by atoms with E-state index >= 15 is 0 Å². The first-order valence-corrected chi connectivity index (χ1v) is 10.00. The predicted molar refractivity (Wildman–Crippen MR) is 119 cm³/mol. The highest BCUT2D eigenvalue weighted by molar-refractivity contribution is 9.10. The van der Waals surface area contributed by atoms with E-state index in [1.54, 1.807) is 43.5 Å². The van der Waals surface area contributed by atoms with Crippen molar-refractivity contribution in [1.29, 1.82) is 0 Å². The number of ether oxygens (including phenoxy) is 1. The van der Waals surface area contributed by atoms with E-state index in [0.29, 0.717) is 28.0 Å². The van der Waals surface area contributed by atoms with Crippen LogP contribution in [0.2, 0.25) is 0 Å². The molecule has 30 heavy (non-hydrogen) atoms. The molecule has 1 heterocycles. The zero-order valence-electron chi connectivity index (χ0n) is 16.0. The van der Waals surface area contributed by atoms with E-state index in [9.17, 15) is 9.18 Å². The smallest absolute Gasteiger partial charge is 0.282 e. The Hall–Kier alpha value is -3.32. The lowest BCUT2D eigenvalue weighted by atomic mass is 10.2. The van der Waals surface area contributed by atoms with Crippen molar-refractivity contribution in [3.8, 4) is 5.75 Å². The highest BCUT2D eigenvalue weighted by atomic mass is 79.9. The predicted octanol–water partition coefficient (Wildman–Crippen LogP) is 5.07. The van der Waals surface area contributed by atoms with E-state index in [1.807, 2.05) is 24.3 Å². The first-order valence-electron chi connectivity index (χ1n) is 9.21. The van der Waals surface area contributed by atoms with E-state index in [4.69, 9.17) is 4.74 Å². The van der Waals surface area contributed by atoms with Crippen LogP contribution in [0.15, 0.2) is 81.1 Å². The molecule has 4 aromatic rings. The van der Waals surface area contributed by atoms with Crippen LogP contribution in [-0.4, -0.2) is 15.9 Å². The number of benzene rings is 3. The van der Waals surface area contributed by atoms with Gasteiger partial charge in [-0.3, -0.25) is 4.79 Å². The maximum atomic E-state index is 13.4. The quantitative estimate of drug-likeness (QED) is 0.386. The molecular weight excluding hydrogens is 449 g/mol. The Morgan fingerprint density at radius 2 is 1.97 bits per heavy atom. The van der Waals surface area contributed by atoms with Gasteiger partial charge in [0.2, 0.25) is 0 Å². The van der Waals surface area contributed by atoms with Gasteiger partial charge in [0.15, 0.2) is 0 Å². The van der Waals surface area contributed by atoms with E-state index in [1.165, 1.54) is 16.8 Å². The highest BCUT2D eigenvalue weighted by Crippen LogP contribution is 2.19. The van der Waals surface area contributed by atoms with E-state index in [0.717, 1.165) is 10.0 Å². The van der Waals surface area contributed by atoms with Gasteiger partial charge in [-0.1, -0.05) is 40.2 Å². The Morgan fingerprint density at radius 3 is 2.80 bits per heavy atom. The Kier molecular flexibility index (Phi) is 5.72. The van der Waals surface area contributed by atoms with Crippen molar-refractivity contribution < 1.29 is 9.13 Å². The maximum Gasteiger partial charge on any atom is 0.282 e. The van der Waals surface area contributed by atoms with Crippen LogP contribution >= 0.6 is 15.9 Å². The number of aryl methyl sites for hydroxylation is 1. The minimum absolute atomic E-state index is 0.215. The molecule has 0 amide bonds. The lowest BCUT2D eigenvalue weighted by molar-refractivity contribution is 0.305. The summed E-state index contributed by atoms with van der Waals surface area (Å²) in [6, 6.07) is 18.9. The van der Waals surface area contributed by atoms with Gasteiger partial charge in [-0.25, -0.2) is 9.37 Å². The molecule has 0 atom stereocenters. The molecule has 0 spiro atoms. The van der Waals surface area contributed by atoms with Crippen molar-refractivity contribution in [3.05, 3.63) is 104 Å². The highest BCUT2D eigenvalue weighted by Gasteiger charge is 2.08. The number of hydrogen-bond acceptors (Lipinski definition) is 4. The molecule has 150 valence electrons. The van der Waals surface area contributed by atoms with Crippen LogP contribution in [0.4, 0.5) is 4.39 Å². The molecular formula is C23H17BrFN3O2. The minimum Gasteiger partial charge on any atom is -0.488 e. The largest absolute Gasteiger partial charge is 0.488 e. The molecule has 0 N–H and O–H groups in total. The maximum absolute atomic E-state index is 13.4. The summed E-state index contributed by atoms with van der Waals surface area (Å²) in [5.74, 6) is 0.744. The summed E-state index contributed by atoms with van der Waals surface area (Å²) in [5, 5.41) is 4.82. The molecule has 0 radical (unpaired) electrons. The molecule has 7 heteroatoms. The van der Waals surface area contributed by atoms with E-state index in [2.05, 4.69) is 26.0 Å². The number of halogens is 2. The molecule has 0 saturated heterocycles. The molecule has 0 aliphatic heterocycles. The van der Waals surface area contributed by atoms with E-state index in [-0.39, 0.29) is 18.0 Å². The average molecular weight is 466 g/mol. The number of nitrogens with zero attached hydrogens (tertiary/aromatic N) is 3. The van der Waals surface area contributed by atoms with Crippen molar-refractivity contribution in [3.63, 3.8) is 0 Å². The number of rotatable bonds is 5. The third kappa shape index (κ3) is 4.31. The Bertz CT molecular complexity index is 1320. The summed E-state index contributed by atoms with van der Waals surface area (Å²) in [7, 11) is 0. The summed E-state index contributed by atoms with van der Waals surface area (Å²) in [6.45, 7) is 1.94. The second-order valence-electron chi connectivity index (χ2n) is 6.64. The topological polar surface area (TPSA) is 56.5 Å². The molecule has 3 aromatic carbocycles. The molecule has 5 nitrogen and oxygen atoms in total. The van der Waals surface area contributed by atoms with Crippen LogP contribution in [0.3, 0.4) is 0 Å². The fourth-order valence-corrected chi connectivity index (χ4v) is 3.38. The van der Waals surface area contributed by atoms with Crippen molar-refractivity contribution in [2.24, 2.45) is 5.10 Å². The fraction of sp³-hybridized carbons (Fsp3) is 0.0870. The van der Waals surface area contributed by atoms with Crippen LogP contribution in [0, 0.1) is 12.7 Å². The number of fused-ring (bicyclic) bond motifs is 1. The zero-order chi connectivity index (χ0) is 21.1. The Labute approximate surface area is 180 Å². The SMILES string of the molecule is Cc1nc2ccc(Br)cc2c(=O)n1N=Cc1ccccc1OCc1cccc(F)c1. The average Bonchev–Trinajstić information content (AvgIpc) is 2.73. The first-order chi connectivity index (χ1) is 14.5. The molecule has 1 aromatic heterocycles. The number of hydrogen-bond donors (Lipinski definition) is 0. The summed E-state index contributed by atoms with van der Waals surface area (Å²) in [5.41, 5.74) is 1.77. The number of para-hydroxylation sites is 1. The van der Waals surface area contributed by atoms with Crippen LogP contribution in [0.25, 0.3) is 10.9 Å². The summed E-state index contributed by atoms with van der Waals surface area (Å²) in [6.07, 6.45) is 1.56. The van der Waals surface area contributed by atoms with Crippen molar-refractivity contribution in [2.75, 3.05) is 0 Å². The summed E-state index contributed by atoms with van der Waals surface area (Å²) < 4.78 is 21.3. The second-order valence-corrected chi connectivity index (χ2v) is 7.55. The third-order valence-corrected chi connectivity index (χ3v) is 4.98. The van der Waals surface area contributed by atoms with Gasteiger partial charge in [-0.2, -0.15) is 9.78 Å². The normalized spacial score (nSPS) is 11.3. The molecule has 0 fully saturated rings. The van der Waals surface area contributed by atoms with Crippen molar-refractivity contribution in [2.45, 2.75) is 13.5 Å². The molecule has 0 bridgehead atoms. The van der Waals surface area contributed by atoms with Crippen LogP contribution in [0.5, 0.6) is 5.75 Å². The second kappa shape index (κ2) is 8.59. The summed E-state index contributed by atoms with van der Waals surface area (Å²) >= 11 is 3.38. The van der Waals surface area contributed by atoms with Gasteiger partial charge >= 0.3 is 0 Å². The van der Waals surface area contributed by atoms with Gasteiger partial charge in [0.05, 0.1) is 17.1 Å². The third-order valence-electron chi connectivity index (χ3n) is 4.48. The fourth-order valence-electron chi connectivity index (χ4n) is 3.02. The van der Waals surface area contributed by atoms with Crippen LogP contribution in [0.1, 0.15) is 17.0 Å². The Morgan fingerprint density at radius 1 is 1.13 bits per heavy atom.